The molecule has 3 nitrogen and oxygen atoms in total. The highest BCUT2D eigenvalue weighted by Gasteiger charge is 2.36. The van der Waals surface area contributed by atoms with Gasteiger partial charge in [-0.05, 0) is 50.1 Å². The van der Waals surface area contributed by atoms with Crippen LogP contribution in [0.1, 0.15) is 30.9 Å². The Hall–Kier alpha value is -1.56. The van der Waals surface area contributed by atoms with E-state index in [0.29, 0.717) is 12.8 Å². The number of halogens is 3. The monoisotopic (exact) mass is 326 g/mol. The van der Waals surface area contributed by atoms with Crippen LogP contribution in [-0.2, 0) is 17.4 Å². The van der Waals surface area contributed by atoms with Gasteiger partial charge in [0.2, 0.25) is 0 Å². The Morgan fingerprint density at radius 2 is 2.09 bits per heavy atom. The molecule has 0 N–H and O–H groups in total. The molecule has 2 heterocycles. The van der Waals surface area contributed by atoms with Gasteiger partial charge in [-0.2, -0.15) is 13.2 Å². The van der Waals surface area contributed by atoms with Gasteiger partial charge < -0.3 is 9.80 Å². The van der Waals surface area contributed by atoms with Crippen LogP contribution in [0, 0.1) is 0 Å². The zero-order valence-electron chi connectivity index (χ0n) is 13.2. The summed E-state index contributed by atoms with van der Waals surface area (Å²) in [4.78, 5) is 15.7. The minimum atomic E-state index is -4.29. The fourth-order valence-electron chi connectivity index (χ4n) is 3.61. The Morgan fingerprint density at radius 3 is 2.78 bits per heavy atom. The van der Waals surface area contributed by atoms with Crippen molar-refractivity contribution in [3.63, 3.8) is 0 Å². The number of carbonyl (C=O) groups excluding carboxylic acids is 1. The number of nitrogens with zero attached hydrogens (tertiary/aromatic N) is 2. The van der Waals surface area contributed by atoms with E-state index in [2.05, 4.69) is 9.80 Å². The van der Waals surface area contributed by atoms with Crippen LogP contribution < -0.4 is 4.90 Å². The average Bonchev–Trinajstić information content (AvgIpc) is 2.67. The minimum absolute atomic E-state index is 0.177. The van der Waals surface area contributed by atoms with E-state index in [-0.39, 0.29) is 11.8 Å². The van der Waals surface area contributed by atoms with E-state index in [1.807, 2.05) is 0 Å². The number of hydrogen-bond acceptors (Lipinski definition) is 3. The van der Waals surface area contributed by atoms with Crippen molar-refractivity contribution in [2.45, 2.75) is 38.4 Å². The fraction of sp³-hybridized carbons (Fsp3) is 0.588. The molecular weight excluding hydrogens is 305 g/mol. The van der Waals surface area contributed by atoms with Gasteiger partial charge in [0, 0.05) is 37.8 Å². The normalized spacial score (nSPS) is 21.7. The van der Waals surface area contributed by atoms with Crippen molar-refractivity contribution in [3.8, 4) is 0 Å². The molecule has 6 heteroatoms. The van der Waals surface area contributed by atoms with E-state index >= 15 is 0 Å². The Morgan fingerprint density at radius 1 is 1.30 bits per heavy atom. The highest BCUT2D eigenvalue weighted by molar-refractivity contribution is 5.75. The predicted octanol–water partition coefficient (Wildman–Crippen LogP) is 3.12. The number of benzene rings is 1. The number of alkyl halides is 3. The SMILES string of the molecule is CC(=O)CCN1CCCN2c3ccc(C(F)(F)F)cc3CC2C1. The van der Waals surface area contributed by atoms with Crippen LogP contribution in [0.3, 0.4) is 0 Å². The summed E-state index contributed by atoms with van der Waals surface area (Å²) in [6.45, 7) is 4.94. The van der Waals surface area contributed by atoms with Gasteiger partial charge in [-0.1, -0.05) is 0 Å². The van der Waals surface area contributed by atoms with E-state index in [9.17, 15) is 18.0 Å². The van der Waals surface area contributed by atoms with Crippen molar-refractivity contribution in [3.05, 3.63) is 29.3 Å². The molecule has 23 heavy (non-hydrogen) atoms. The number of hydrogen-bond donors (Lipinski definition) is 0. The fourth-order valence-corrected chi connectivity index (χ4v) is 3.61. The summed E-state index contributed by atoms with van der Waals surface area (Å²) in [6.07, 6.45) is -2.13. The van der Waals surface area contributed by atoms with Gasteiger partial charge in [-0.15, -0.1) is 0 Å². The Labute approximate surface area is 134 Å². The second kappa shape index (κ2) is 6.15. The molecule has 0 radical (unpaired) electrons. The second-order valence-electron chi connectivity index (χ2n) is 6.50. The maximum atomic E-state index is 12.9. The lowest BCUT2D eigenvalue weighted by Crippen LogP contribution is -2.39. The molecule has 1 aromatic rings. The molecule has 1 unspecified atom stereocenters. The van der Waals surface area contributed by atoms with E-state index in [1.165, 1.54) is 12.1 Å². The summed E-state index contributed by atoms with van der Waals surface area (Å²) in [5, 5.41) is 0. The van der Waals surface area contributed by atoms with Crippen LogP contribution in [0.15, 0.2) is 18.2 Å². The van der Waals surface area contributed by atoms with Gasteiger partial charge in [0.25, 0.3) is 0 Å². The van der Waals surface area contributed by atoms with Crippen molar-refractivity contribution in [2.24, 2.45) is 0 Å². The van der Waals surface area contributed by atoms with Crippen molar-refractivity contribution >= 4 is 11.5 Å². The van der Waals surface area contributed by atoms with Gasteiger partial charge in [-0.3, -0.25) is 4.79 Å². The quantitative estimate of drug-likeness (QED) is 0.853. The number of Topliss-reactive ketones (excluding diaryl/α,β-unsaturated/α-hetero) is 1. The van der Waals surface area contributed by atoms with Crippen LogP contribution in [0.4, 0.5) is 18.9 Å². The molecular formula is C17H21F3N2O. The number of ketones is 1. The lowest BCUT2D eigenvalue weighted by Gasteiger charge is -2.27. The Balaban J connectivity index is 1.75. The standard InChI is InChI=1S/C17H21F3N2O/c1-12(23)5-8-21-6-2-7-22-15(11-21)10-13-9-14(17(18,19)20)3-4-16(13)22/h3-4,9,15H,2,5-8,10-11H2,1H3. The van der Waals surface area contributed by atoms with Gasteiger partial charge in [0.1, 0.15) is 5.78 Å². The Bertz CT molecular complexity index is 600. The summed E-state index contributed by atoms with van der Waals surface area (Å²) in [5.41, 5.74) is 1.16. The molecule has 3 rings (SSSR count). The summed E-state index contributed by atoms with van der Waals surface area (Å²) >= 11 is 0. The number of carbonyl (C=O) groups is 1. The first-order valence-electron chi connectivity index (χ1n) is 8.03. The predicted molar refractivity (Wildman–Crippen MR) is 82.6 cm³/mol. The van der Waals surface area contributed by atoms with Crippen molar-refractivity contribution in [2.75, 3.05) is 31.1 Å². The average molecular weight is 326 g/mol. The molecule has 0 aliphatic carbocycles. The van der Waals surface area contributed by atoms with Crippen molar-refractivity contribution < 1.29 is 18.0 Å². The molecule has 2 aliphatic rings. The van der Waals surface area contributed by atoms with Crippen LogP contribution >= 0.6 is 0 Å². The molecule has 1 saturated heterocycles. The molecule has 126 valence electrons. The molecule has 0 saturated carbocycles. The third-order valence-electron chi connectivity index (χ3n) is 4.73. The number of anilines is 1. The first-order chi connectivity index (χ1) is 10.8. The van der Waals surface area contributed by atoms with E-state index < -0.39 is 11.7 Å². The minimum Gasteiger partial charge on any atom is -0.367 e. The molecule has 0 spiro atoms. The first kappa shape index (κ1) is 16.3. The molecule has 1 fully saturated rings. The van der Waals surface area contributed by atoms with E-state index in [4.69, 9.17) is 0 Å². The van der Waals surface area contributed by atoms with Crippen LogP contribution in [0.2, 0.25) is 0 Å². The van der Waals surface area contributed by atoms with E-state index in [1.54, 1.807) is 13.0 Å². The Kier molecular flexibility index (Phi) is 4.36. The van der Waals surface area contributed by atoms with Gasteiger partial charge in [-0.25, -0.2) is 0 Å². The van der Waals surface area contributed by atoms with Gasteiger partial charge >= 0.3 is 6.18 Å². The third kappa shape index (κ3) is 3.52. The van der Waals surface area contributed by atoms with Crippen molar-refractivity contribution in [1.29, 1.82) is 0 Å². The van der Waals surface area contributed by atoms with E-state index in [0.717, 1.165) is 43.9 Å². The number of rotatable bonds is 3. The molecule has 1 aromatic carbocycles. The second-order valence-corrected chi connectivity index (χ2v) is 6.50. The maximum absolute atomic E-state index is 12.9. The molecule has 0 bridgehead atoms. The lowest BCUT2D eigenvalue weighted by atomic mass is 10.1. The largest absolute Gasteiger partial charge is 0.416 e. The first-order valence-corrected chi connectivity index (χ1v) is 8.03. The topological polar surface area (TPSA) is 23.6 Å². The molecule has 2 aliphatic heterocycles. The van der Waals surface area contributed by atoms with Crippen LogP contribution in [0.5, 0.6) is 0 Å². The summed E-state index contributed by atoms with van der Waals surface area (Å²) in [6, 6.07) is 4.30. The zero-order valence-corrected chi connectivity index (χ0v) is 13.2. The lowest BCUT2D eigenvalue weighted by molar-refractivity contribution is -0.137. The summed E-state index contributed by atoms with van der Waals surface area (Å²) < 4.78 is 38.6. The molecule has 0 amide bonds. The van der Waals surface area contributed by atoms with Gasteiger partial charge in [0.15, 0.2) is 0 Å². The molecule has 1 atom stereocenters. The zero-order chi connectivity index (χ0) is 16.6. The van der Waals surface area contributed by atoms with Gasteiger partial charge in [0.05, 0.1) is 5.56 Å². The number of fused-ring (bicyclic) bond motifs is 3. The highest BCUT2D eigenvalue weighted by Crippen LogP contribution is 2.38. The summed E-state index contributed by atoms with van der Waals surface area (Å²) in [7, 11) is 0. The smallest absolute Gasteiger partial charge is 0.367 e. The van der Waals surface area contributed by atoms with Crippen LogP contribution in [0.25, 0.3) is 0 Å². The van der Waals surface area contributed by atoms with Crippen molar-refractivity contribution in [1.82, 2.24) is 4.90 Å². The van der Waals surface area contributed by atoms with Crippen LogP contribution in [-0.4, -0.2) is 42.9 Å². The highest BCUT2D eigenvalue weighted by atomic mass is 19.4. The third-order valence-corrected chi connectivity index (χ3v) is 4.73. The molecule has 0 aromatic heterocycles. The summed E-state index contributed by atoms with van der Waals surface area (Å²) in [5.74, 6) is 0.177. The maximum Gasteiger partial charge on any atom is 0.416 e.